The van der Waals surface area contributed by atoms with E-state index in [4.69, 9.17) is 14.2 Å². The second-order valence-electron chi connectivity index (χ2n) is 5.71. The number of aliphatic hydroxyl groups is 2. The Labute approximate surface area is 169 Å². The van der Waals surface area contributed by atoms with Gasteiger partial charge in [-0.15, -0.1) is 0 Å². The van der Waals surface area contributed by atoms with E-state index in [-0.39, 0.29) is 36.2 Å². The van der Waals surface area contributed by atoms with E-state index in [2.05, 4.69) is 5.09 Å². The van der Waals surface area contributed by atoms with Gasteiger partial charge < -0.3 is 33.9 Å². The third-order valence-corrected chi connectivity index (χ3v) is 4.52. The maximum atomic E-state index is 11.5. The number of hydrogen-bond acceptors (Lipinski definition) is 7. The van der Waals surface area contributed by atoms with Gasteiger partial charge in [0.15, 0.2) is 6.29 Å². The molecule has 8 nitrogen and oxygen atoms in total. The topological polar surface area (TPSA) is 120 Å². The summed E-state index contributed by atoms with van der Waals surface area (Å²) >= 11 is 0. The van der Waals surface area contributed by atoms with E-state index < -0.39 is 44.8 Å². The SMILES string of the molecule is CO[C@@H]1OC(CO)[C@@H](OCc2ccccc2)C(O)[C@@H]1NP(C)(=O)[O-].[Na+]. The molecule has 136 valence electrons. The average Bonchev–Trinajstić information content (AvgIpc) is 2.55. The molecule has 25 heavy (non-hydrogen) atoms. The van der Waals surface area contributed by atoms with Gasteiger partial charge in [-0.1, -0.05) is 30.3 Å². The molecule has 1 aromatic carbocycles. The first kappa shape index (κ1) is 23.2. The fraction of sp³-hybridized carbons (Fsp3) is 0.600. The summed E-state index contributed by atoms with van der Waals surface area (Å²) in [4.78, 5) is 11.5. The first-order valence-corrected chi connectivity index (χ1v) is 9.62. The van der Waals surface area contributed by atoms with Crippen LogP contribution in [-0.4, -0.2) is 61.2 Å². The Morgan fingerprint density at radius 2 is 2.00 bits per heavy atom. The maximum Gasteiger partial charge on any atom is 1.00 e. The Morgan fingerprint density at radius 3 is 2.52 bits per heavy atom. The molecule has 1 heterocycles. The summed E-state index contributed by atoms with van der Waals surface area (Å²) in [6.07, 6.45) is -4.03. The molecule has 2 rings (SSSR count). The van der Waals surface area contributed by atoms with Gasteiger partial charge in [0, 0.05) is 7.11 Å². The number of nitrogens with one attached hydrogen (secondary N) is 1. The molecule has 0 aromatic heterocycles. The minimum atomic E-state index is -3.89. The fourth-order valence-electron chi connectivity index (χ4n) is 2.65. The first-order valence-electron chi connectivity index (χ1n) is 7.54. The van der Waals surface area contributed by atoms with Gasteiger partial charge in [-0.25, -0.2) is 0 Å². The smallest absolute Gasteiger partial charge is 0.788 e. The number of rotatable bonds is 7. The third kappa shape index (κ3) is 6.68. The number of ether oxygens (including phenoxy) is 3. The summed E-state index contributed by atoms with van der Waals surface area (Å²) in [5.41, 5.74) is 0.879. The minimum absolute atomic E-state index is 0. The van der Waals surface area contributed by atoms with Crippen molar-refractivity contribution in [2.45, 2.75) is 37.3 Å². The van der Waals surface area contributed by atoms with Crippen LogP contribution in [0.15, 0.2) is 30.3 Å². The van der Waals surface area contributed by atoms with Crippen LogP contribution in [0.1, 0.15) is 5.56 Å². The Bertz CT molecular complexity index is 558. The molecule has 1 fully saturated rings. The molecule has 0 aliphatic carbocycles. The van der Waals surface area contributed by atoms with Gasteiger partial charge in [0.25, 0.3) is 0 Å². The summed E-state index contributed by atoms with van der Waals surface area (Å²) in [7, 11) is -2.56. The monoisotopic (exact) mass is 383 g/mol. The molecule has 1 aromatic rings. The van der Waals surface area contributed by atoms with Crippen molar-refractivity contribution in [2.24, 2.45) is 0 Å². The molecule has 10 heteroatoms. The fourth-order valence-corrected chi connectivity index (χ4v) is 3.47. The van der Waals surface area contributed by atoms with E-state index in [0.29, 0.717) is 0 Å². The van der Waals surface area contributed by atoms with Crippen LogP contribution in [0.25, 0.3) is 0 Å². The standard InChI is InChI=1S/C15H24NO7P.Na/c1-21-15-12(16-24(2,19)20)13(18)14(11(8-17)23-15)22-9-10-6-4-3-5-7-10;/h3-7,11-15,17-18H,8-9H2,1-2H3,(H2,16,19,20);/q;+1/p-1/t11?,12-,13?,14+,15+;/m0./s1. The van der Waals surface area contributed by atoms with Crippen molar-refractivity contribution in [3.05, 3.63) is 35.9 Å². The predicted octanol–water partition coefficient (Wildman–Crippen LogP) is -3.56. The van der Waals surface area contributed by atoms with Crippen molar-refractivity contribution in [3.63, 3.8) is 0 Å². The molecule has 0 amide bonds. The van der Waals surface area contributed by atoms with Crippen LogP contribution >= 0.6 is 7.52 Å². The van der Waals surface area contributed by atoms with Crippen LogP contribution in [-0.2, 0) is 25.4 Å². The Morgan fingerprint density at radius 1 is 1.36 bits per heavy atom. The molecular weight excluding hydrogens is 360 g/mol. The zero-order chi connectivity index (χ0) is 17.7. The van der Waals surface area contributed by atoms with Gasteiger partial charge in [0.05, 0.1) is 26.8 Å². The molecule has 1 aliphatic heterocycles. The number of methoxy groups -OCH3 is 1. The molecule has 0 spiro atoms. The second kappa shape index (κ2) is 10.5. The van der Waals surface area contributed by atoms with E-state index in [1.807, 2.05) is 30.3 Å². The molecule has 0 radical (unpaired) electrons. The van der Waals surface area contributed by atoms with Crippen LogP contribution in [0.2, 0.25) is 0 Å². The summed E-state index contributed by atoms with van der Waals surface area (Å²) in [6, 6.07) is 8.25. The summed E-state index contributed by atoms with van der Waals surface area (Å²) in [5, 5.41) is 22.4. The molecule has 6 atom stereocenters. The molecule has 3 unspecified atom stereocenters. The summed E-state index contributed by atoms with van der Waals surface area (Å²) < 4.78 is 27.9. The van der Waals surface area contributed by atoms with Crippen molar-refractivity contribution >= 4 is 7.52 Å². The Balaban J connectivity index is 0.00000312. The van der Waals surface area contributed by atoms with E-state index in [0.717, 1.165) is 12.2 Å². The van der Waals surface area contributed by atoms with Crippen LogP contribution in [0.5, 0.6) is 0 Å². The van der Waals surface area contributed by atoms with E-state index in [9.17, 15) is 19.7 Å². The van der Waals surface area contributed by atoms with E-state index in [1.54, 1.807) is 0 Å². The maximum absolute atomic E-state index is 11.5. The minimum Gasteiger partial charge on any atom is -0.788 e. The van der Waals surface area contributed by atoms with Crippen molar-refractivity contribution < 1.29 is 63.4 Å². The second-order valence-corrected chi connectivity index (χ2v) is 7.66. The van der Waals surface area contributed by atoms with Gasteiger partial charge >= 0.3 is 29.6 Å². The zero-order valence-electron chi connectivity index (χ0n) is 14.6. The van der Waals surface area contributed by atoms with Crippen molar-refractivity contribution in [1.82, 2.24) is 5.09 Å². The molecule has 3 N–H and O–H groups in total. The quantitative estimate of drug-likeness (QED) is 0.327. The molecule has 0 bridgehead atoms. The molecule has 0 saturated carbocycles. The van der Waals surface area contributed by atoms with Crippen molar-refractivity contribution in [3.8, 4) is 0 Å². The summed E-state index contributed by atoms with van der Waals surface area (Å²) in [5.74, 6) is 0. The average molecular weight is 383 g/mol. The molecule has 1 saturated heterocycles. The van der Waals surface area contributed by atoms with Crippen LogP contribution in [0, 0.1) is 0 Å². The number of benzene rings is 1. The van der Waals surface area contributed by atoms with Crippen LogP contribution < -0.4 is 39.5 Å². The predicted molar refractivity (Wildman–Crippen MR) is 84.2 cm³/mol. The first-order chi connectivity index (χ1) is 11.4. The molecular formula is C15H23NNaO7P. The summed E-state index contributed by atoms with van der Waals surface area (Å²) in [6.45, 7) is 0.794. The van der Waals surface area contributed by atoms with E-state index in [1.165, 1.54) is 7.11 Å². The van der Waals surface area contributed by atoms with Gasteiger partial charge in [-0.2, -0.15) is 0 Å². The normalized spacial score (nSPS) is 31.8. The molecule has 1 aliphatic rings. The van der Waals surface area contributed by atoms with Crippen molar-refractivity contribution in [1.29, 1.82) is 0 Å². The largest absolute Gasteiger partial charge is 1.00 e. The van der Waals surface area contributed by atoms with Crippen molar-refractivity contribution in [2.75, 3.05) is 20.4 Å². The van der Waals surface area contributed by atoms with E-state index >= 15 is 0 Å². The number of hydrogen-bond donors (Lipinski definition) is 3. The van der Waals surface area contributed by atoms with Gasteiger partial charge in [-0.05, 0) is 12.2 Å². The zero-order valence-corrected chi connectivity index (χ0v) is 17.5. The third-order valence-electron chi connectivity index (χ3n) is 3.75. The van der Waals surface area contributed by atoms with Gasteiger partial charge in [-0.3, -0.25) is 5.09 Å². The Kier molecular flexibility index (Phi) is 9.74. The number of aliphatic hydroxyl groups excluding tert-OH is 2. The van der Waals surface area contributed by atoms with Crippen LogP contribution in [0.3, 0.4) is 0 Å². The van der Waals surface area contributed by atoms with Crippen LogP contribution in [0.4, 0.5) is 0 Å². The van der Waals surface area contributed by atoms with Gasteiger partial charge in [0.1, 0.15) is 18.3 Å². The van der Waals surface area contributed by atoms with Gasteiger partial charge in [0.2, 0.25) is 0 Å². The Hall–Kier alpha value is 0.170.